The number of nitrogens with zero attached hydrogens (tertiary/aromatic N) is 1. The van der Waals surface area contributed by atoms with Crippen molar-refractivity contribution in [2.24, 2.45) is 0 Å². The van der Waals surface area contributed by atoms with Gasteiger partial charge in [0.1, 0.15) is 5.56 Å². The highest BCUT2D eigenvalue weighted by Gasteiger charge is 2.36. The van der Waals surface area contributed by atoms with Gasteiger partial charge in [0.15, 0.2) is 5.75 Å². The van der Waals surface area contributed by atoms with Gasteiger partial charge in [0, 0.05) is 10.7 Å². The first kappa shape index (κ1) is 14.9. The standard InChI is InChI=1S/C12H7BrClF3N2O/c13-6-4-7(12(15,16)17)11(19-5-6)20-10-8(14)2-1-3-9(10)18/h1-5H,18H2. The van der Waals surface area contributed by atoms with Crippen molar-refractivity contribution >= 4 is 33.2 Å². The molecule has 0 saturated carbocycles. The SMILES string of the molecule is Nc1cccc(Cl)c1Oc1ncc(Br)cc1C(F)(F)F. The number of halogens is 5. The summed E-state index contributed by atoms with van der Waals surface area (Å²) in [6.45, 7) is 0. The van der Waals surface area contributed by atoms with Crippen molar-refractivity contribution in [3.8, 4) is 11.6 Å². The van der Waals surface area contributed by atoms with Crippen LogP contribution in [0.25, 0.3) is 0 Å². The van der Waals surface area contributed by atoms with Crippen LogP contribution in [0.1, 0.15) is 5.56 Å². The Morgan fingerprint density at radius 3 is 2.60 bits per heavy atom. The maximum absolute atomic E-state index is 12.9. The van der Waals surface area contributed by atoms with Crippen LogP contribution in [0.2, 0.25) is 5.02 Å². The molecule has 0 radical (unpaired) electrons. The maximum Gasteiger partial charge on any atom is 0.421 e. The molecule has 0 atom stereocenters. The van der Waals surface area contributed by atoms with E-state index in [0.717, 1.165) is 6.07 Å². The van der Waals surface area contributed by atoms with Crippen molar-refractivity contribution in [3.05, 3.63) is 45.5 Å². The summed E-state index contributed by atoms with van der Waals surface area (Å²) in [6.07, 6.45) is -3.42. The molecule has 3 nitrogen and oxygen atoms in total. The molecule has 1 aromatic heterocycles. The molecule has 0 amide bonds. The number of aromatic nitrogens is 1. The van der Waals surface area contributed by atoms with E-state index in [4.69, 9.17) is 22.1 Å². The predicted octanol–water partition coefficient (Wildman–Crippen LogP) is 4.89. The van der Waals surface area contributed by atoms with E-state index in [1.54, 1.807) is 6.07 Å². The fraction of sp³-hybridized carbons (Fsp3) is 0.0833. The summed E-state index contributed by atoms with van der Waals surface area (Å²) in [5.41, 5.74) is 4.73. The number of pyridine rings is 1. The highest BCUT2D eigenvalue weighted by atomic mass is 79.9. The maximum atomic E-state index is 12.9. The monoisotopic (exact) mass is 366 g/mol. The van der Waals surface area contributed by atoms with E-state index < -0.39 is 17.6 Å². The fourth-order valence-electron chi connectivity index (χ4n) is 1.44. The third kappa shape index (κ3) is 3.16. The van der Waals surface area contributed by atoms with Crippen LogP contribution in [0.15, 0.2) is 34.9 Å². The van der Waals surface area contributed by atoms with Crippen molar-refractivity contribution in [1.29, 1.82) is 0 Å². The highest BCUT2D eigenvalue weighted by Crippen LogP contribution is 2.41. The van der Waals surface area contributed by atoms with Gasteiger partial charge in [-0.1, -0.05) is 17.7 Å². The fourth-order valence-corrected chi connectivity index (χ4v) is 1.99. The molecule has 2 N–H and O–H groups in total. The van der Waals surface area contributed by atoms with E-state index in [2.05, 4.69) is 20.9 Å². The van der Waals surface area contributed by atoms with Crippen LogP contribution in [0.4, 0.5) is 18.9 Å². The lowest BCUT2D eigenvalue weighted by Crippen LogP contribution is -2.09. The molecule has 8 heteroatoms. The molecule has 0 spiro atoms. The number of anilines is 1. The van der Waals surface area contributed by atoms with Crippen molar-refractivity contribution in [2.45, 2.75) is 6.18 Å². The van der Waals surface area contributed by atoms with Gasteiger partial charge in [-0.25, -0.2) is 4.98 Å². The second-order valence-corrected chi connectivity index (χ2v) is 5.09. The molecule has 20 heavy (non-hydrogen) atoms. The molecule has 0 bridgehead atoms. The third-order valence-corrected chi connectivity index (χ3v) is 3.05. The van der Waals surface area contributed by atoms with Gasteiger partial charge in [0.2, 0.25) is 5.88 Å². The summed E-state index contributed by atoms with van der Waals surface area (Å²) in [7, 11) is 0. The number of para-hydroxylation sites is 1. The quantitative estimate of drug-likeness (QED) is 0.769. The van der Waals surface area contributed by atoms with Gasteiger partial charge >= 0.3 is 6.18 Å². The van der Waals surface area contributed by atoms with Crippen molar-refractivity contribution in [1.82, 2.24) is 4.98 Å². The molecule has 0 aliphatic heterocycles. The Labute approximate surface area is 125 Å². The van der Waals surface area contributed by atoms with Gasteiger partial charge in [-0.3, -0.25) is 0 Å². The molecule has 0 saturated heterocycles. The lowest BCUT2D eigenvalue weighted by molar-refractivity contribution is -0.138. The molecule has 0 fully saturated rings. The van der Waals surface area contributed by atoms with Crippen LogP contribution in [0.5, 0.6) is 11.6 Å². The normalized spacial score (nSPS) is 11.4. The minimum atomic E-state index is -4.61. The van der Waals surface area contributed by atoms with Crippen LogP contribution in [-0.2, 0) is 6.18 Å². The number of alkyl halides is 3. The predicted molar refractivity (Wildman–Crippen MR) is 72.9 cm³/mol. The summed E-state index contributed by atoms with van der Waals surface area (Å²) >= 11 is 8.79. The van der Waals surface area contributed by atoms with Crippen molar-refractivity contribution in [2.75, 3.05) is 5.73 Å². The van der Waals surface area contributed by atoms with E-state index in [9.17, 15) is 13.2 Å². The molecule has 2 aromatic rings. The Kier molecular flexibility index (Phi) is 4.10. The Morgan fingerprint density at radius 1 is 1.30 bits per heavy atom. The zero-order chi connectivity index (χ0) is 14.9. The van der Waals surface area contributed by atoms with Gasteiger partial charge in [-0.15, -0.1) is 0 Å². The Balaban J connectivity index is 2.49. The van der Waals surface area contributed by atoms with Crippen molar-refractivity contribution < 1.29 is 17.9 Å². The number of nitrogens with two attached hydrogens (primary N) is 1. The summed E-state index contributed by atoms with van der Waals surface area (Å²) in [4.78, 5) is 3.62. The number of benzene rings is 1. The molecular weight excluding hydrogens is 360 g/mol. The third-order valence-electron chi connectivity index (χ3n) is 2.32. The van der Waals surface area contributed by atoms with E-state index in [-0.39, 0.29) is 20.9 Å². The lowest BCUT2D eigenvalue weighted by Gasteiger charge is -2.14. The smallest absolute Gasteiger partial charge is 0.421 e. The largest absolute Gasteiger partial charge is 0.435 e. The second kappa shape index (κ2) is 5.49. The van der Waals surface area contributed by atoms with Gasteiger partial charge in [0.25, 0.3) is 0 Å². The summed E-state index contributed by atoms with van der Waals surface area (Å²) in [6, 6.07) is 5.35. The van der Waals surface area contributed by atoms with E-state index in [1.165, 1.54) is 18.3 Å². The summed E-state index contributed by atoms with van der Waals surface area (Å²) < 4.78 is 44.1. The van der Waals surface area contributed by atoms with E-state index in [0.29, 0.717) is 0 Å². The zero-order valence-corrected chi connectivity index (χ0v) is 12.1. The average molecular weight is 368 g/mol. The molecule has 0 unspecified atom stereocenters. The van der Waals surface area contributed by atoms with Gasteiger partial charge in [-0.2, -0.15) is 13.2 Å². The van der Waals surface area contributed by atoms with Crippen LogP contribution < -0.4 is 10.5 Å². The van der Waals surface area contributed by atoms with Gasteiger partial charge in [0.05, 0.1) is 10.7 Å². The molecule has 2 rings (SSSR count). The average Bonchev–Trinajstić information content (AvgIpc) is 2.34. The van der Waals surface area contributed by atoms with E-state index >= 15 is 0 Å². The number of nitrogen functional groups attached to an aromatic ring is 1. The molecule has 0 aliphatic carbocycles. The topological polar surface area (TPSA) is 48.1 Å². The van der Waals surface area contributed by atoms with Crippen molar-refractivity contribution in [3.63, 3.8) is 0 Å². The molecular formula is C12H7BrClF3N2O. The molecule has 1 heterocycles. The lowest BCUT2D eigenvalue weighted by atomic mass is 10.2. The molecule has 0 aliphatic rings. The number of hydrogen-bond donors (Lipinski definition) is 1. The molecule has 106 valence electrons. The van der Waals surface area contributed by atoms with Crippen LogP contribution >= 0.6 is 27.5 Å². The van der Waals surface area contributed by atoms with Crippen LogP contribution in [0, 0.1) is 0 Å². The minimum Gasteiger partial charge on any atom is -0.435 e. The molecule has 1 aromatic carbocycles. The number of rotatable bonds is 2. The number of hydrogen-bond acceptors (Lipinski definition) is 3. The first-order chi connectivity index (χ1) is 9.29. The summed E-state index contributed by atoms with van der Waals surface area (Å²) in [5.74, 6) is -0.671. The minimum absolute atomic E-state index is 0.0607. The Morgan fingerprint density at radius 2 is 2.00 bits per heavy atom. The highest BCUT2D eigenvalue weighted by molar-refractivity contribution is 9.10. The van der Waals surface area contributed by atoms with Gasteiger partial charge in [-0.05, 0) is 34.1 Å². The van der Waals surface area contributed by atoms with Crippen LogP contribution in [-0.4, -0.2) is 4.98 Å². The zero-order valence-electron chi connectivity index (χ0n) is 9.71. The second-order valence-electron chi connectivity index (χ2n) is 3.76. The van der Waals surface area contributed by atoms with Gasteiger partial charge < -0.3 is 10.5 Å². The summed E-state index contributed by atoms with van der Waals surface area (Å²) in [5, 5.41) is 0.0999. The Bertz CT molecular complexity index is 629. The first-order valence-electron chi connectivity index (χ1n) is 5.23. The first-order valence-corrected chi connectivity index (χ1v) is 6.40. The Hall–Kier alpha value is -1.47. The van der Waals surface area contributed by atoms with Crippen LogP contribution in [0.3, 0.4) is 0 Å². The number of ether oxygens (including phenoxy) is 1. The van der Waals surface area contributed by atoms with E-state index in [1.807, 2.05) is 0 Å².